The molecule has 2 nitrogen and oxygen atoms in total. The molecule has 1 atom stereocenters. The SMILES string of the molecule is CC(C)CN(C)CC(C)(CNC1CC1)c1ccccc1. The highest BCUT2D eigenvalue weighted by atomic mass is 15.1. The standard InChI is InChI=1S/C18H30N2/c1-15(2)12-20(4)14-18(3,13-19-17-10-11-17)16-8-6-5-7-9-16/h5-9,15,17,19H,10-14H2,1-4H3. The molecule has 2 rings (SSSR count). The first-order valence-corrected chi connectivity index (χ1v) is 7.97. The Balaban J connectivity index is 2.05. The van der Waals surface area contributed by atoms with Crippen molar-refractivity contribution in [1.82, 2.24) is 10.2 Å². The summed E-state index contributed by atoms with van der Waals surface area (Å²) in [5, 5.41) is 3.73. The number of benzene rings is 1. The van der Waals surface area contributed by atoms with Crippen molar-refractivity contribution in [2.45, 2.75) is 45.1 Å². The minimum atomic E-state index is 0.188. The number of nitrogens with zero attached hydrogens (tertiary/aromatic N) is 1. The molecule has 1 fully saturated rings. The average molecular weight is 274 g/mol. The molecule has 0 heterocycles. The third-order valence-electron chi connectivity index (χ3n) is 4.12. The molecule has 0 spiro atoms. The van der Waals surface area contributed by atoms with Crippen LogP contribution < -0.4 is 5.32 Å². The maximum Gasteiger partial charge on any atom is 0.0177 e. The predicted molar refractivity (Wildman–Crippen MR) is 87.2 cm³/mol. The summed E-state index contributed by atoms with van der Waals surface area (Å²) in [6, 6.07) is 11.7. The largest absolute Gasteiger partial charge is 0.313 e. The third-order valence-corrected chi connectivity index (χ3v) is 4.12. The second-order valence-corrected chi connectivity index (χ2v) is 7.17. The van der Waals surface area contributed by atoms with Crippen LogP contribution in [0.1, 0.15) is 39.2 Å². The minimum absolute atomic E-state index is 0.188. The van der Waals surface area contributed by atoms with E-state index in [-0.39, 0.29) is 5.41 Å². The van der Waals surface area contributed by atoms with Gasteiger partial charge < -0.3 is 10.2 Å². The van der Waals surface area contributed by atoms with Crippen molar-refractivity contribution in [2.75, 3.05) is 26.7 Å². The molecule has 1 unspecified atom stereocenters. The Morgan fingerprint density at radius 1 is 1.25 bits per heavy atom. The van der Waals surface area contributed by atoms with Gasteiger partial charge in [-0.2, -0.15) is 0 Å². The monoisotopic (exact) mass is 274 g/mol. The maximum atomic E-state index is 3.73. The molecular formula is C18H30N2. The lowest BCUT2D eigenvalue weighted by Crippen LogP contribution is -2.45. The van der Waals surface area contributed by atoms with E-state index in [0.29, 0.717) is 0 Å². The Labute approximate surface area is 124 Å². The van der Waals surface area contributed by atoms with Gasteiger partial charge in [-0.05, 0) is 31.4 Å². The van der Waals surface area contributed by atoms with E-state index < -0.39 is 0 Å². The fourth-order valence-electron chi connectivity index (χ4n) is 3.03. The lowest BCUT2D eigenvalue weighted by atomic mass is 9.81. The van der Waals surface area contributed by atoms with Crippen LogP contribution in [0.5, 0.6) is 0 Å². The summed E-state index contributed by atoms with van der Waals surface area (Å²) in [4.78, 5) is 2.48. The summed E-state index contributed by atoms with van der Waals surface area (Å²) in [6.45, 7) is 10.3. The van der Waals surface area contributed by atoms with E-state index in [4.69, 9.17) is 0 Å². The number of hydrogen-bond acceptors (Lipinski definition) is 2. The molecule has 0 radical (unpaired) electrons. The van der Waals surface area contributed by atoms with E-state index in [1.54, 1.807) is 0 Å². The van der Waals surface area contributed by atoms with E-state index in [1.807, 2.05) is 0 Å². The number of nitrogens with one attached hydrogen (secondary N) is 1. The van der Waals surface area contributed by atoms with Crippen LogP contribution >= 0.6 is 0 Å². The highest BCUT2D eigenvalue weighted by Crippen LogP contribution is 2.27. The zero-order valence-corrected chi connectivity index (χ0v) is 13.5. The number of likely N-dealkylation sites (N-methyl/N-ethyl adjacent to an activating group) is 1. The maximum absolute atomic E-state index is 3.73. The molecule has 20 heavy (non-hydrogen) atoms. The van der Waals surface area contributed by atoms with E-state index in [2.05, 4.69) is 68.4 Å². The molecule has 1 aromatic rings. The van der Waals surface area contributed by atoms with Gasteiger partial charge in [0.15, 0.2) is 0 Å². The summed E-state index contributed by atoms with van der Waals surface area (Å²) in [5.41, 5.74) is 1.64. The normalized spacial score (nSPS) is 18.5. The fraction of sp³-hybridized carbons (Fsp3) is 0.667. The van der Waals surface area contributed by atoms with Crippen LogP contribution in [0, 0.1) is 5.92 Å². The van der Waals surface area contributed by atoms with Gasteiger partial charge >= 0.3 is 0 Å². The Morgan fingerprint density at radius 3 is 2.45 bits per heavy atom. The molecule has 1 aromatic carbocycles. The van der Waals surface area contributed by atoms with Crippen LogP contribution in [0.25, 0.3) is 0 Å². The van der Waals surface area contributed by atoms with Crippen molar-refractivity contribution in [3.05, 3.63) is 35.9 Å². The molecule has 1 N–H and O–H groups in total. The highest BCUT2D eigenvalue weighted by molar-refractivity contribution is 5.25. The summed E-state index contributed by atoms with van der Waals surface area (Å²) >= 11 is 0. The van der Waals surface area contributed by atoms with Crippen LogP contribution in [-0.2, 0) is 5.41 Å². The van der Waals surface area contributed by atoms with Gasteiger partial charge in [0.1, 0.15) is 0 Å². The van der Waals surface area contributed by atoms with Gasteiger partial charge in [-0.15, -0.1) is 0 Å². The fourth-order valence-corrected chi connectivity index (χ4v) is 3.03. The van der Waals surface area contributed by atoms with E-state index in [9.17, 15) is 0 Å². The quantitative estimate of drug-likeness (QED) is 0.782. The zero-order chi connectivity index (χ0) is 14.6. The van der Waals surface area contributed by atoms with Gasteiger partial charge in [0, 0.05) is 31.1 Å². The molecule has 0 saturated heterocycles. The van der Waals surface area contributed by atoms with Crippen LogP contribution in [0.3, 0.4) is 0 Å². The smallest absolute Gasteiger partial charge is 0.0177 e. The van der Waals surface area contributed by atoms with Gasteiger partial charge in [-0.25, -0.2) is 0 Å². The van der Waals surface area contributed by atoms with Crippen molar-refractivity contribution in [3.8, 4) is 0 Å². The van der Waals surface area contributed by atoms with Crippen molar-refractivity contribution >= 4 is 0 Å². The lowest BCUT2D eigenvalue weighted by Gasteiger charge is -2.35. The Bertz CT molecular complexity index is 397. The first kappa shape index (κ1) is 15.5. The third kappa shape index (κ3) is 4.60. The number of rotatable bonds is 8. The van der Waals surface area contributed by atoms with Crippen LogP contribution in [0.2, 0.25) is 0 Å². The van der Waals surface area contributed by atoms with Gasteiger partial charge in [-0.1, -0.05) is 51.1 Å². The van der Waals surface area contributed by atoms with Gasteiger partial charge in [-0.3, -0.25) is 0 Å². The second-order valence-electron chi connectivity index (χ2n) is 7.17. The molecule has 0 aliphatic heterocycles. The zero-order valence-electron chi connectivity index (χ0n) is 13.5. The Kier molecular flexibility index (Phi) is 5.22. The average Bonchev–Trinajstić information content (AvgIpc) is 3.20. The van der Waals surface area contributed by atoms with Crippen LogP contribution in [0.4, 0.5) is 0 Å². The van der Waals surface area contributed by atoms with E-state index in [1.165, 1.54) is 18.4 Å². The van der Waals surface area contributed by atoms with Gasteiger partial charge in [0.2, 0.25) is 0 Å². The molecule has 1 saturated carbocycles. The van der Waals surface area contributed by atoms with Crippen molar-refractivity contribution in [2.24, 2.45) is 5.92 Å². The molecule has 0 bridgehead atoms. The van der Waals surface area contributed by atoms with Crippen molar-refractivity contribution in [1.29, 1.82) is 0 Å². The van der Waals surface area contributed by atoms with Crippen molar-refractivity contribution < 1.29 is 0 Å². The van der Waals surface area contributed by atoms with E-state index in [0.717, 1.165) is 31.6 Å². The number of hydrogen-bond donors (Lipinski definition) is 1. The highest BCUT2D eigenvalue weighted by Gasteiger charge is 2.31. The first-order chi connectivity index (χ1) is 9.49. The van der Waals surface area contributed by atoms with Gasteiger partial charge in [0.25, 0.3) is 0 Å². The molecule has 2 heteroatoms. The second kappa shape index (κ2) is 6.73. The van der Waals surface area contributed by atoms with Crippen LogP contribution in [-0.4, -0.2) is 37.6 Å². The summed E-state index contributed by atoms with van der Waals surface area (Å²) in [6.07, 6.45) is 2.71. The minimum Gasteiger partial charge on any atom is -0.313 e. The summed E-state index contributed by atoms with van der Waals surface area (Å²) in [5.74, 6) is 0.719. The van der Waals surface area contributed by atoms with Crippen molar-refractivity contribution in [3.63, 3.8) is 0 Å². The molecule has 1 aliphatic rings. The molecule has 112 valence electrons. The molecule has 0 aromatic heterocycles. The Morgan fingerprint density at radius 2 is 1.90 bits per heavy atom. The molecule has 1 aliphatic carbocycles. The molecule has 0 amide bonds. The topological polar surface area (TPSA) is 15.3 Å². The summed E-state index contributed by atoms with van der Waals surface area (Å²) in [7, 11) is 2.25. The van der Waals surface area contributed by atoms with Gasteiger partial charge in [0.05, 0.1) is 0 Å². The van der Waals surface area contributed by atoms with Crippen LogP contribution in [0.15, 0.2) is 30.3 Å². The molecular weight excluding hydrogens is 244 g/mol. The predicted octanol–water partition coefficient (Wildman–Crippen LogP) is 3.28. The lowest BCUT2D eigenvalue weighted by molar-refractivity contribution is 0.228. The Hall–Kier alpha value is -0.860. The first-order valence-electron chi connectivity index (χ1n) is 7.97. The summed E-state index contributed by atoms with van der Waals surface area (Å²) < 4.78 is 0. The van der Waals surface area contributed by atoms with E-state index >= 15 is 0 Å².